The van der Waals surface area contributed by atoms with Gasteiger partial charge in [-0.15, -0.1) is 0 Å². The topological polar surface area (TPSA) is 162 Å². The van der Waals surface area contributed by atoms with Gasteiger partial charge in [-0.05, 0) is 55.0 Å². The number of carbonyl (C=O) groups excluding carboxylic acids is 3. The number of urea groups is 1. The molecule has 3 aromatic rings. The molecular weight excluding hydrogens is 543 g/mol. The Balaban J connectivity index is 1.79. The van der Waals surface area contributed by atoms with E-state index in [-0.39, 0.29) is 27.8 Å². The first-order chi connectivity index (χ1) is 18.0. The van der Waals surface area contributed by atoms with Gasteiger partial charge in [0, 0.05) is 21.7 Å². The summed E-state index contributed by atoms with van der Waals surface area (Å²) in [5.74, 6) is -2.37. The molecule has 4 rings (SSSR count). The van der Waals surface area contributed by atoms with Crippen LogP contribution >= 0.6 is 23.2 Å². The second-order valence-corrected chi connectivity index (χ2v) is 8.64. The number of nitro groups is 2. The molecule has 0 aromatic heterocycles. The molecule has 0 unspecified atom stereocenters. The van der Waals surface area contributed by atoms with E-state index in [1.807, 2.05) is 0 Å². The van der Waals surface area contributed by atoms with Gasteiger partial charge in [-0.3, -0.25) is 35.1 Å². The van der Waals surface area contributed by atoms with Crippen molar-refractivity contribution in [2.45, 2.75) is 6.92 Å². The zero-order valence-electron chi connectivity index (χ0n) is 19.1. The number of barbiturate groups is 1. The summed E-state index contributed by atoms with van der Waals surface area (Å²) < 4.78 is 5.66. The number of hydrogen-bond acceptors (Lipinski definition) is 8. The standard InChI is InChI=1S/C24H14Cl2N4O8/c1-12-17(26)3-2-4-18(12)28-23(32)16(22(31)27-24(28)33)10-13-9-14(25)5-7-20(13)38-21-8-6-15(29(34)35)11-19(21)30(36)37/h2-11H,1H3,(H,27,31,33)/b16-10+. The van der Waals surface area contributed by atoms with Gasteiger partial charge < -0.3 is 4.74 Å². The summed E-state index contributed by atoms with van der Waals surface area (Å²) in [6, 6.07) is 10.4. The van der Waals surface area contributed by atoms with E-state index in [4.69, 9.17) is 27.9 Å². The second-order valence-electron chi connectivity index (χ2n) is 7.79. The van der Waals surface area contributed by atoms with Crippen LogP contribution in [-0.2, 0) is 9.59 Å². The maximum Gasteiger partial charge on any atom is 0.335 e. The molecule has 0 saturated carbocycles. The number of non-ortho nitro benzene ring substituents is 1. The van der Waals surface area contributed by atoms with Gasteiger partial charge in [0.25, 0.3) is 17.5 Å². The quantitative estimate of drug-likeness (QED) is 0.178. The molecule has 38 heavy (non-hydrogen) atoms. The number of nitro benzene ring substituents is 2. The third kappa shape index (κ3) is 5.03. The maximum absolute atomic E-state index is 13.3. The zero-order valence-corrected chi connectivity index (χ0v) is 20.6. The van der Waals surface area contributed by atoms with Gasteiger partial charge in [0.2, 0.25) is 5.75 Å². The monoisotopic (exact) mass is 556 g/mol. The minimum absolute atomic E-state index is 0.0563. The fourth-order valence-corrected chi connectivity index (χ4v) is 3.91. The van der Waals surface area contributed by atoms with Crippen molar-refractivity contribution >= 4 is 64.2 Å². The lowest BCUT2D eigenvalue weighted by molar-refractivity contribution is -0.394. The van der Waals surface area contributed by atoms with Crippen LogP contribution < -0.4 is 15.0 Å². The van der Waals surface area contributed by atoms with E-state index in [1.165, 1.54) is 30.3 Å². The average Bonchev–Trinajstić information content (AvgIpc) is 2.85. The molecule has 14 heteroatoms. The van der Waals surface area contributed by atoms with Crippen LogP contribution in [0.5, 0.6) is 11.5 Å². The predicted molar refractivity (Wildman–Crippen MR) is 136 cm³/mol. The van der Waals surface area contributed by atoms with Crippen LogP contribution in [0.2, 0.25) is 10.0 Å². The van der Waals surface area contributed by atoms with E-state index in [2.05, 4.69) is 5.32 Å². The first-order valence-electron chi connectivity index (χ1n) is 10.5. The van der Waals surface area contributed by atoms with Gasteiger partial charge in [0.05, 0.1) is 21.6 Å². The minimum atomic E-state index is -0.997. The van der Waals surface area contributed by atoms with Crippen molar-refractivity contribution < 1.29 is 29.0 Å². The molecule has 1 fully saturated rings. The van der Waals surface area contributed by atoms with Gasteiger partial charge in [-0.25, -0.2) is 9.69 Å². The van der Waals surface area contributed by atoms with Crippen molar-refractivity contribution in [1.82, 2.24) is 5.32 Å². The van der Waals surface area contributed by atoms with Gasteiger partial charge in [0.15, 0.2) is 0 Å². The number of amides is 4. The van der Waals surface area contributed by atoms with Crippen molar-refractivity contribution in [3.05, 3.63) is 102 Å². The summed E-state index contributed by atoms with van der Waals surface area (Å²) in [4.78, 5) is 60.2. The largest absolute Gasteiger partial charge is 0.449 e. The predicted octanol–water partition coefficient (Wildman–Crippen LogP) is 5.58. The summed E-state index contributed by atoms with van der Waals surface area (Å²) in [5, 5.41) is 25.1. The molecule has 0 aliphatic carbocycles. The fraction of sp³-hybridized carbons (Fsp3) is 0.0417. The SMILES string of the molecule is Cc1c(Cl)cccc1N1C(=O)NC(=O)/C(=C\c2cc(Cl)ccc2Oc2ccc([N+](=O)[O-])cc2[N+](=O)[O-])C1=O. The second kappa shape index (κ2) is 10.3. The molecule has 3 aromatic carbocycles. The number of hydrogen-bond donors (Lipinski definition) is 1. The van der Waals surface area contributed by atoms with Gasteiger partial charge in [0.1, 0.15) is 11.3 Å². The summed E-state index contributed by atoms with van der Waals surface area (Å²) in [6.45, 7) is 1.60. The van der Waals surface area contributed by atoms with Crippen molar-refractivity contribution in [1.29, 1.82) is 0 Å². The van der Waals surface area contributed by atoms with E-state index in [9.17, 15) is 34.6 Å². The Morgan fingerprint density at radius 3 is 2.34 bits per heavy atom. The number of benzene rings is 3. The van der Waals surface area contributed by atoms with Gasteiger partial charge >= 0.3 is 11.7 Å². The average molecular weight is 557 g/mol. The Bertz CT molecular complexity index is 1590. The van der Waals surface area contributed by atoms with Crippen LogP contribution in [0.25, 0.3) is 6.08 Å². The molecule has 0 atom stereocenters. The molecule has 1 aliphatic heterocycles. The van der Waals surface area contributed by atoms with E-state index in [0.29, 0.717) is 10.6 Å². The molecule has 0 spiro atoms. The molecule has 1 heterocycles. The minimum Gasteiger partial charge on any atom is -0.449 e. The van der Waals surface area contributed by atoms with E-state index < -0.39 is 44.6 Å². The smallest absolute Gasteiger partial charge is 0.335 e. The number of nitrogens with zero attached hydrogens (tertiary/aromatic N) is 3. The van der Waals surface area contributed by atoms with Gasteiger partial charge in [-0.1, -0.05) is 29.3 Å². The lowest BCUT2D eigenvalue weighted by Gasteiger charge is -2.27. The Hall–Kier alpha value is -4.81. The number of nitrogens with one attached hydrogen (secondary N) is 1. The highest BCUT2D eigenvalue weighted by molar-refractivity contribution is 6.40. The lowest BCUT2D eigenvalue weighted by atomic mass is 10.0. The van der Waals surface area contributed by atoms with E-state index >= 15 is 0 Å². The van der Waals surface area contributed by atoms with Crippen molar-refractivity contribution in [2.24, 2.45) is 0 Å². The summed E-state index contributed by atoms with van der Waals surface area (Å²) in [5.41, 5.74) is -1.04. The zero-order chi connectivity index (χ0) is 27.7. The van der Waals surface area contributed by atoms with E-state index in [1.54, 1.807) is 13.0 Å². The first-order valence-corrected chi connectivity index (χ1v) is 11.3. The van der Waals surface area contributed by atoms with Crippen LogP contribution in [0.3, 0.4) is 0 Å². The third-order valence-electron chi connectivity index (χ3n) is 5.42. The Labute approximate surface area is 223 Å². The normalized spacial score (nSPS) is 14.4. The molecule has 0 radical (unpaired) electrons. The van der Waals surface area contributed by atoms with Crippen LogP contribution in [0.15, 0.2) is 60.2 Å². The lowest BCUT2D eigenvalue weighted by Crippen LogP contribution is -2.54. The van der Waals surface area contributed by atoms with Crippen LogP contribution in [0.1, 0.15) is 11.1 Å². The summed E-state index contributed by atoms with van der Waals surface area (Å²) >= 11 is 12.2. The van der Waals surface area contributed by atoms with Crippen molar-refractivity contribution in [2.75, 3.05) is 4.90 Å². The van der Waals surface area contributed by atoms with Crippen molar-refractivity contribution in [3.63, 3.8) is 0 Å². The molecule has 192 valence electrons. The molecule has 1 N–H and O–H groups in total. The number of ether oxygens (including phenoxy) is 1. The number of halogens is 2. The molecule has 12 nitrogen and oxygen atoms in total. The molecular formula is C24H14Cl2N4O8. The highest BCUT2D eigenvalue weighted by Gasteiger charge is 2.38. The van der Waals surface area contributed by atoms with Crippen molar-refractivity contribution in [3.8, 4) is 11.5 Å². The van der Waals surface area contributed by atoms with Crippen LogP contribution in [0, 0.1) is 27.2 Å². The molecule has 1 saturated heterocycles. The number of carbonyl (C=O) groups is 3. The highest BCUT2D eigenvalue weighted by Crippen LogP contribution is 2.37. The number of rotatable bonds is 6. The summed E-state index contributed by atoms with van der Waals surface area (Å²) in [7, 11) is 0. The molecule has 1 aliphatic rings. The summed E-state index contributed by atoms with van der Waals surface area (Å²) in [6.07, 6.45) is 1.11. The van der Waals surface area contributed by atoms with Crippen LogP contribution in [0.4, 0.5) is 21.9 Å². The Morgan fingerprint density at radius 1 is 0.947 bits per heavy atom. The fourth-order valence-electron chi connectivity index (χ4n) is 3.56. The van der Waals surface area contributed by atoms with Crippen LogP contribution in [-0.4, -0.2) is 27.7 Å². The Kier molecular flexibility index (Phi) is 7.10. The molecule has 0 bridgehead atoms. The maximum atomic E-state index is 13.3. The number of anilines is 1. The van der Waals surface area contributed by atoms with E-state index in [0.717, 1.165) is 29.2 Å². The van der Waals surface area contributed by atoms with Gasteiger partial charge in [-0.2, -0.15) is 0 Å². The first kappa shape index (κ1) is 26.3. The molecule has 4 amide bonds. The number of imide groups is 2. The third-order valence-corrected chi connectivity index (χ3v) is 6.07. The highest BCUT2D eigenvalue weighted by atomic mass is 35.5. The Morgan fingerprint density at radius 2 is 1.66 bits per heavy atom.